The zero-order chi connectivity index (χ0) is 18.2. The number of nitrogens with zero attached hydrogens (tertiary/aromatic N) is 1. The summed E-state index contributed by atoms with van der Waals surface area (Å²) in [5.74, 6) is 1.35. The molecular weight excluding hydrogens is 316 g/mol. The Morgan fingerprint density at radius 2 is 1.80 bits per heavy atom. The summed E-state index contributed by atoms with van der Waals surface area (Å²) in [5.41, 5.74) is 2.19. The molecule has 2 rings (SSSR count). The molecule has 1 amide bonds. The molecular formula is C20H26N2O3. The average Bonchev–Trinajstić information content (AvgIpc) is 2.61. The van der Waals surface area contributed by atoms with E-state index in [0.29, 0.717) is 12.3 Å². The van der Waals surface area contributed by atoms with Crippen LogP contribution in [0.4, 0.5) is 0 Å². The fourth-order valence-electron chi connectivity index (χ4n) is 2.56. The second-order valence-corrected chi connectivity index (χ2v) is 6.13. The van der Waals surface area contributed by atoms with E-state index in [1.165, 1.54) is 0 Å². The van der Waals surface area contributed by atoms with Gasteiger partial charge in [-0.1, -0.05) is 35.9 Å². The molecule has 0 saturated heterocycles. The van der Waals surface area contributed by atoms with E-state index in [0.717, 1.165) is 16.9 Å². The summed E-state index contributed by atoms with van der Waals surface area (Å²) >= 11 is 0. The summed E-state index contributed by atoms with van der Waals surface area (Å²) in [6.07, 6.45) is 0. The number of para-hydroxylation sites is 1. The molecule has 0 aliphatic carbocycles. The monoisotopic (exact) mass is 342 g/mol. The molecule has 0 heterocycles. The Labute approximate surface area is 149 Å². The Bertz CT molecular complexity index is 684. The van der Waals surface area contributed by atoms with Crippen molar-refractivity contribution in [2.45, 2.75) is 13.0 Å². The second kappa shape index (κ2) is 9.08. The highest BCUT2D eigenvalue weighted by Gasteiger charge is 2.19. The molecule has 0 unspecified atom stereocenters. The fraction of sp³-hybridized carbons (Fsp3) is 0.350. The first-order valence-electron chi connectivity index (χ1n) is 8.26. The number of carbonyl (C=O) groups is 1. The Hall–Kier alpha value is -2.53. The van der Waals surface area contributed by atoms with E-state index in [-0.39, 0.29) is 18.6 Å². The molecule has 0 saturated carbocycles. The van der Waals surface area contributed by atoms with Crippen LogP contribution in [0.2, 0.25) is 0 Å². The molecule has 0 aromatic heterocycles. The standard InChI is InChI=1S/C20H26N2O3/c1-15-9-11-16(12-10-15)25-14-20(23)21-13-18(22(2)3)17-7-5-6-8-19(17)24-4/h5-12,18H,13-14H2,1-4H3,(H,21,23)/t18-/m0/s1. The third-order valence-electron chi connectivity index (χ3n) is 4.00. The smallest absolute Gasteiger partial charge is 0.258 e. The number of carbonyl (C=O) groups excluding carboxylic acids is 1. The van der Waals surface area contributed by atoms with Crippen molar-refractivity contribution in [3.05, 3.63) is 59.7 Å². The minimum Gasteiger partial charge on any atom is -0.496 e. The normalized spacial score (nSPS) is 11.9. The van der Waals surface area contributed by atoms with Crippen LogP contribution < -0.4 is 14.8 Å². The third kappa shape index (κ3) is 5.50. The maximum absolute atomic E-state index is 12.1. The summed E-state index contributed by atoms with van der Waals surface area (Å²) < 4.78 is 10.9. The highest BCUT2D eigenvalue weighted by atomic mass is 16.5. The van der Waals surface area contributed by atoms with Gasteiger partial charge in [0.15, 0.2) is 6.61 Å². The lowest BCUT2D eigenvalue weighted by atomic mass is 10.0. The number of hydrogen-bond acceptors (Lipinski definition) is 4. The van der Waals surface area contributed by atoms with Gasteiger partial charge in [-0.05, 0) is 39.2 Å². The van der Waals surface area contributed by atoms with E-state index in [9.17, 15) is 4.79 Å². The van der Waals surface area contributed by atoms with Crippen LogP contribution in [0.15, 0.2) is 48.5 Å². The highest BCUT2D eigenvalue weighted by molar-refractivity contribution is 5.77. The van der Waals surface area contributed by atoms with Gasteiger partial charge in [-0.2, -0.15) is 0 Å². The van der Waals surface area contributed by atoms with Crippen molar-refractivity contribution >= 4 is 5.91 Å². The molecule has 0 aliphatic heterocycles. The minimum atomic E-state index is -0.151. The molecule has 0 aliphatic rings. The SMILES string of the molecule is COc1ccccc1[C@H](CNC(=O)COc1ccc(C)cc1)N(C)C. The number of rotatable bonds is 8. The minimum absolute atomic E-state index is 0.00483. The predicted octanol–water partition coefficient (Wildman–Crippen LogP) is 2.80. The van der Waals surface area contributed by atoms with Crippen LogP contribution in [0.5, 0.6) is 11.5 Å². The van der Waals surface area contributed by atoms with Crippen LogP contribution in [0.3, 0.4) is 0 Å². The van der Waals surface area contributed by atoms with Crippen molar-refractivity contribution in [1.82, 2.24) is 10.2 Å². The van der Waals surface area contributed by atoms with Crippen molar-refractivity contribution < 1.29 is 14.3 Å². The first-order chi connectivity index (χ1) is 12.0. The van der Waals surface area contributed by atoms with Gasteiger partial charge < -0.3 is 19.7 Å². The number of methoxy groups -OCH3 is 1. The van der Waals surface area contributed by atoms with Crippen LogP contribution in [-0.2, 0) is 4.79 Å². The lowest BCUT2D eigenvalue weighted by Crippen LogP contribution is -2.37. The van der Waals surface area contributed by atoms with Gasteiger partial charge in [-0.25, -0.2) is 0 Å². The molecule has 0 fully saturated rings. The maximum atomic E-state index is 12.1. The molecule has 134 valence electrons. The zero-order valence-electron chi connectivity index (χ0n) is 15.3. The van der Waals surface area contributed by atoms with Crippen LogP contribution in [0, 0.1) is 6.92 Å². The van der Waals surface area contributed by atoms with Gasteiger partial charge >= 0.3 is 0 Å². The second-order valence-electron chi connectivity index (χ2n) is 6.13. The summed E-state index contributed by atoms with van der Waals surface area (Å²) in [7, 11) is 5.61. The molecule has 1 N–H and O–H groups in total. The molecule has 0 bridgehead atoms. The van der Waals surface area contributed by atoms with Gasteiger partial charge in [0.05, 0.1) is 13.2 Å². The predicted molar refractivity (Wildman–Crippen MR) is 99.1 cm³/mol. The summed E-state index contributed by atoms with van der Waals surface area (Å²) in [5, 5.41) is 2.93. The van der Waals surface area contributed by atoms with Gasteiger partial charge in [-0.15, -0.1) is 0 Å². The number of benzene rings is 2. The summed E-state index contributed by atoms with van der Waals surface area (Å²) in [4.78, 5) is 14.2. The number of likely N-dealkylation sites (N-methyl/N-ethyl adjacent to an activating group) is 1. The third-order valence-corrected chi connectivity index (χ3v) is 4.00. The van der Waals surface area contributed by atoms with Crippen LogP contribution in [0.25, 0.3) is 0 Å². The lowest BCUT2D eigenvalue weighted by molar-refractivity contribution is -0.123. The molecule has 5 nitrogen and oxygen atoms in total. The highest BCUT2D eigenvalue weighted by Crippen LogP contribution is 2.27. The van der Waals surface area contributed by atoms with Gasteiger partial charge in [-0.3, -0.25) is 4.79 Å². The van der Waals surface area contributed by atoms with Crippen LogP contribution in [0.1, 0.15) is 17.2 Å². The molecule has 0 spiro atoms. The topological polar surface area (TPSA) is 50.8 Å². The van der Waals surface area contributed by atoms with Gasteiger partial charge in [0.25, 0.3) is 5.91 Å². The average molecular weight is 342 g/mol. The maximum Gasteiger partial charge on any atom is 0.258 e. The lowest BCUT2D eigenvalue weighted by Gasteiger charge is -2.26. The first kappa shape index (κ1) is 18.8. The molecule has 25 heavy (non-hydrogen) atoms. The van der Waals surface area contributed by atoms with E-state index in [2.05, 4.69) is 10.2 Å². The Morgan fingerprint density at radius 3 is 2.44 bits per heavy atom. The Kier molecular flexibility index (Phi) is 6.83. The van der Waals surface area contributed by atoms with E-state index >= 15 is 0 Å². The van der Waals surface area contributed by atoms with Crippen molar-refractivity contribution in [3.63, 3.8) is 0 Å². The van der Waals surface area contributed by atoms with Crippen molar-refractivity contribution in [3.8, 4) is 11.5 Å². The molecule has 5 heteroatoms. The summed E-state index contributed by atoms with van der Waals surface area (Å²) in [6.45, 7) is 2.48. The van der Waals surface area contributed by atoms with Gasteiger partial charge in [0.2, 0.25) is 0 Å². The molecule has 2 aromatic carbocycles. The largest absolute Gasteiger partial charge is 0.496 e. The zero-order valence-corrected chi connectivity index (χ0v) is 15.3. The quantitative estimate of drug-likeness (QED) is 0.801. The van der Waals surface area contributed by atoms with Crippen molar-refractivity contribution in [2.24, 2.45) is 0 Å². The first-order valence-corrected chi connectivity index (χ1v) is 8.26. The van der Waals surface area contributed by atoms with E-state index in [1.54, 1.807) is 7.11 Å². The molecule has 1 atom stereocenters. The van der Waals surface area contributed by atoms with E-state index in [1.807, 2.05) is 69.6 Å². The van der Waals surface area contributed by atoms with E-state index in [4.69, 9.17) is 9.47 Å². The Balaban J connectivity index is 1.92. The van der Waals surface area contributed by atoms with Crippen LogP contribution >= 0.6 is 0 Å². The number of ether oxygens (including phenoxy) is 2. The number of hydrogen-bond donors (Lipinski definition) is 1. The number of aryl methyl sites for hydroxylation is 1. The van der Waals surface area contributed by atoms with Gasteiger partial charge in [0.1, 0.15) is 11.5 Å². The fourth-order valence-corrected chi connectivity index (χ4v) is 2.56. The summed E-state index contributed by atoms with van der Waals surface area (Å²) in [6, 6.07) is 15.5. The van der Waals surface area contributed by atoms with Crippen LogP contribution in [-0.4, -0.2) is 45.2 Å². The molecule has 2 aromatic rings. The molecule has 0 radical (unpaired) electrons. The van der Waals surface area contributed by atoms with Gasteiger partial charge in [0, 0.05) is 12.1 Å². The Morgan fingerprint density at radius 1 is 1.12 bits per heavy atom. The van der Waals surface area contributed by atoms with Crippen molar-refractivity contribution in [1.29, 1.82) is 0 Å². The number of amides is 1. The van der Waals surface area contributed by atoms with Crippen molar-refractivity contribution in [2.75, 3.05) is 34.4 Å². The van der Waals surface area contributed by atoms with E-state index < -0.39 is 0 Å². The number of nitrogens with one attached hydrogen (secondary N) is 1.